The van der Waals surface area contributed by atoms with Crippen LogP contribution in [0.4, 0.5) is 0 Å². The van der Waals surface area contributed by atoms with Crippen LogP contribution in [-0.4, -0.2) is 26.2 Å². The van der Waals surface area contributed by atoms with Crippen molar-refractivity contribution in [3.63, 3.8) is 0 Å². The van der Waals surface area contributed by atoms with Crippen LogP contribution in [0.1, 0.15) is 5.69 Å². The van der Waals surface area contributed by atoms with Crippen molar-refractivity contribution < 1.29 is 10.2 Å². The molecule has 1 aromatic carbocycles. The number of benzene rings is 1. The number of fused-ring (bicyclic) bond motifs is 1. The maximum atomic E-state index is 10.1. The summed E-state index contributed by atoms with van der Waals surface area (Å²) >= 11 is 18.1. The Bertz CT molecular complexity index is 862. The fourth-order valence-electron chi connectivity index (χ4n) is 2.28. The van der Waals surface area contributed by atoms with Crippen molar-refractivity contribution >= 4 is 40.4 Å². The molecule has 22 heavy (non-hydrogen) atoms. The lowest BCUT2D eigenvalue weighted by Crippen LogP contribution is -1.89. The summed E-state index contributed by atoms with van der Waals surface area (Å²) in [5.74, 6) is -0.0501. The van der Waals surface area contributed by atoms with Gasteiger partial charge < -0.3 is 14.6 Å². The number of hydrogen-bond donors (Lipinski definition) is 2. The predicted molar refractivity (Wildman–Crippen MR) is 88.1 cm³/mol. The van der Waals surface area contributed by atoms with E-state index in [0.717, 1.165) is 5.69 Å². The highest BCUT2D eigenvalue weighted by Gasteiger charge is 2.16. The van der Waals surface area contributed by atoms with Crippen molar-refractivity contribution in [2.45, 2.75) is 6.42 Å². The van der Waals surface area contributed by atoms with Gasteiger partial charge in [0.05, 0.1) is 20.8 Å². The molecule has 3 aromatic rings. The Balaban J connectivity index is 2.16. The molecule has 0 fully saturated rings. The summed E-state index contributed by atoms with van der Waals surface area (Å²) in [4.78, 5) is 4.41. The summed E-state index contributed by atoms with van der Waals surface area (Å²) in [5, 5.41) is 19.7. The Kier molecular flexibility index (Phi) is 4.19. The van der Waals surface area contributed by atoms with Gasteiger partial charge in [0.15, 0.2) is 0 Å². The van der Waals surface area contributed by atoms with Gasteiger partial charge in [-0.05, 0) is 17.7 Å². The van der Waals surface area contributed by atoms with Crippen LogP contribution >= 0.6 is 34.8 Å². The molecule has 0 amide bonds. The lowest BCUT2D eigenvalue weighted by Gasteiger charge is -2.10. The molecule has 4 nitrogen and oxygen atoms in total. The molecule has 0 aliphatic heterocycles. The molecule has 0 atom stereocenters. The van der Waals surface area contributed by atoms with E-state index in [9.17, 15) is 5.11 Å². The van der Waals surface area contributed by atoms with Crippen molar-refractivity contribution in [1.29, 1.82) is 0 Å². The number of rotatable bonds is 3. The molecule has 0 spiro atoms. The summed E-state index contributed by atoms with van der Waals surface area (Å²) in [5.41, 5.74) is 2.55. The third kappa shape index (κ3) is 2.63. The SMILES string of the molecule is OCCc1cn2ccc(-c3c(O)cc(Cl)c(Cl)c3Cl)cc2n1. The first-order valence-corrected chi connectivity index (χ1v) is 7.60. The van der Waals surface area contributed by atoms with Crippen LogP contribution < -0.4 is 0 Å². The second kappa shape index (κ2) is 5.97. The number of pyridine rings is 1. The van der Waals surface area contributed by atoms with Gasteiger partial charge in [0, 0.05) is 37.1 Å². The van der Waals surface area contributed by atoms with E-state index in [2.05, 4.69) is 4.98 Å². The topological polar surface area (TPSA) is 57.8 Å². The summed E-state index contributed by atoms with van der Waals surface area (Å²) in [7, 11) is 0. The van der Waals surface area contributed by atoms with Crippen molar-refractivity contribution in [3.05, 3.63) is 51.4 Å². The van der Waals surface area contributed by atoms with Crippen molar-refractivity contribution in [2.24, 2.45) is 0 Å². The van der Waals surface area contributed by atoms with Crippen LogP contribution in [0.25, 0.3) is 16.8 Å². The molecule has 114 valence electrons. The number of halogens is 3. The molecule has 7 heteroatoms. The van der Waals surface area contributed by atoms with Crippen LogP contribution in [-0.2, 0) is 6.42 Å². The second-order valence-electron chi connectivity index (χ2n) is 4.77. The van der Waals surface area contributed by atoms with E-state index >= 15 is 0 Å². The number of aliphatic hydroxyl groups excluding tert-OH is 1. The number of aromatic nitrogens is 2. The van der Waals surface area contributed by atoms with Crippen LogP contribution in [0.2, 0.25) is 15.1 Å². The normalized spacial score (nSPS) is 11.3. The summed E-state index contributed by atoms with van der Waals surface area (Å²) < 4.78 is 1.83. The molecule has 0 aliphatic carbocycles. The Morgan fingerprint density at radius 1 is 1.14 bits per heavy atom. The average molecular weight is 358 g/mol. The highest BCUT2D eigenvalue weighted by atomic mass is 35.5. The Morgan fingerprint density at radius 3 is 2.64 bits per heavy atom. The quantitative estimate of drug-likeness (QED) is 0.691. The second-order valence-corrected chi connectivity index (χ2v) is 5.93. The zero-order chi connectivity index (χ0) is 15.9. The van der Waals surface area contributed by atoms with Crippen molar-refractivity contribution in [1.82, 2.24) is 9.38 Å². The van der Waals surface area contributed by atoms with Crippen LogP contribution in [0.5, 0.6) is 5.75 Å². The van der Waals surface area contributed by atoms with Gasteiger partial charge in [-0.25, -0.2) is 4.98 Å². The van der Waals surface area contributed by atoms with Gasteiger partial charge >= 0.3 is 0 Å². The summed E-state index contributed by atoms with van der Waals surface area (Å²) in [6.45, 7) is 0.0378. The first-order valence-electron chi connectivity index (χ1n) is 6.46. The van der Waals surface area contributed by atoms with Crippen LogP contribution in [0, 0.1) is 0 Å². The monoisotopic (exact) mass is 356 g/mol. The van der Waals surface area contributed by atoms with E-state index in [4.69, 9.17) is 39.9 Å². The molecule has 0 unspecified atom stereocenters. The smallest absolute Gasteiger partial charge is 0.137 e. The molecule has 0 radical (unpaired) electrons. The molecule has 2 heterocycles. The standard InChI is InChI=1S/C15H11Cl3N2O2/c16-10-6-11(22)13(15(18)14(10)17)8-1-3-20-7-9(2-4-21)19-12(20)5-8/h1,3,5-7,21-22H,2,4H2. The van der Waals surface area contributed by atoms with Crippen LogP contribution in [0.15, 0.2) is 30.6 Å². The Hall–Kier alpha value is -1.46. The number of imidazole rings is 1. The molecule has 0 saturated heterocycles. The van der Waals surface area contributed by atoms with E-state index in [-0.39, 0.29) is 27.4 Å². The molecule has 0 bridgehead atoms. The van der Waals surface area contributed by atoms with Gasteiger partial charge in [-0.2, -0.15) is 0 Å². The lowest BCUT2D eigenvalue weighted by atomic mass is 10.1. The van der Waals surface area contributed by atoms with E-state index in [1.165, 1.54) is 6.07 Å². The van der Waals surface area contributed by atoms with Gasteiger partial charge in [-0.1, -0.05) is 34.8 Å². The molecular formula is C15H11Cl3N2O2. The zero-order valence-electron chi connectivity index (χ0n) is 11.2. The van der Waals surface area contributed by atoms with Gasteiger partial charge in [0.25, 0.3) is 0 Å². The number of aromatic hydroxyl groups is 1. The molecule has 0 aliphatic rings. The largest absolute Gasteiger partial charge is 0.507 e. The van der Waals surface area contributed by atoms with Gasteiger partial charge in [0.2, 0.25) is 0 Å². The first kappa shape index (κ1) is 15.4. The number of aliphatic hydroxyl groups is 1. The van der Waals surface area contributed by atoms with Gasteiger partial charge in [-0.3, -0.25) is 0 Å². The minimum Gasteiger partial charge on any atom is -0.507 e. The molecule has 2 aromatic heterocycles. The highest BCUT2D eigenvalue weighted by molar-refractivity contribution is 6.49. The Labute approximate surface area is 141 Å². The molecule has 2 N–H and O–H groups in total. The number of hydrogen-bond acceptors (Lipinski definition) is 3. The van der Waals surface area contributed by atoms with E-state index in [0.29, 0.717) is 23.2 Å². The predicted octanol–water partition coefficient (Wildman–Crippen LogP) is 4.20. The highest BCUT2D eigenvalue weighted by Crippen LogP contribution is 2.44. The molecule has 0 saturated carbocycles. The van der Waals surface area contributed by atoms with Crippen molar-refractivity contribution in [2.75, 3.05) is 6.61 Å². The minimum absolute atomic E-state index is 0.0378. The minimum atomic E-state index is -0.0501. The molecular weight excluding hydrogens is 347 g/mol. The number of nitrogens with zero attached hydrogens (tertiary/aromatic N) is 2. The van der Waals surface area contributed by atoms with Crippen LogP contribution in [0.3, 0.4) is 0 Å². The van der Waals surface area contributed by atoms with Gasteiger partial charge in [0.1, 0.15) is 11.4 Å². The number of phenolic OH excluding ortho intramolecular Hbond substituents is 1. The van der Waals surface area contributed by atoms with E-state index in [1.807, 2.05) is 10.6 Å². The maximum absolute atomic E-state index is 10.1. The molecule has 3 rings (SSSR count). The van der Waals surface area contributed by atoms with E-state index < -0.39 is 0 Å². The Morgan fingerprint density at radius 2 is 1.91 bits per heavy atom. The fraction of sp³-hybridized carbons (Fsp3) is 0.133. The van der Waals surface area contributed by atoms with Gasteiger partial charge in [-0.15, -0.1) is 0 Å². The first-order chi connectivity index (χ1) is 10.5. The zero-order valence-corrected chi connectivity index (χ0v) is 13.5. The third-order valence-electron chi connectivity index (χ3n) is 3.31. The number of phenols is 1. The average Bonchev–Trinajstić information content (AvgIpc) is 2.87. The third-order valence-corrected chi connectivity index (χ3v) is 4.57. The van der Waals surface area contributed by atoms with E-state index in [1.54, 1.807) is 18.3 Å². The summed E-state index contributed by atoms with van der Waals surface area (Å²) in [6, 6.07) is 4.94. The fourth-order valence-corrected chi connectivity index (χ4v) is 2.99. The maximum Gasteiger partial charge on any atom is 0.137 e. The van der Waals surface area contributed by atoms with Crippen molar-refractivity contribution in [3.8, 4) is 16.9 Å². The lowest BCUT2D eigenvalue weighted by molar-refractivity contribution is 0.298. The summed E-state index contributed by atoms with van der Waals surface area (Å²) in [6.07, 6.45) is 4.12.